The predicted molar refractivity (Wildman–Crippen MR) is 95.1 cm³/mol. The van der Waals surface area contributed by atoms with E-state index < -0.39 is 48.8 Å². The molecule has 4 rings (SSSR count). The van der Waals surface area contributed by atoms with Gasteiger partial charge < -0.3 is 30.7 Å². The van der Waals surface area contributed by atoms with E-state index in [4.69, 9.17) is 10.5 Å². The van der Waals surface area contributed by atoms with Crippen LogP contribution in [0.3, 0.4) is 0 Å². The molecule has 5 N–H and O–H groups in total. The lowest BCUT2D eigenvalue weighted by atomic mass is 9.93. The number of imidazole rings is 1. The summed E-state index contributed by atoms with van der Waals surface area (Å²) in [6.07, 6.45) is -7.94. The van der Waals surface area contributed by atoms with E-state index in [1.54, 1.807) is 11.0 Å². The third-order valence-corrected chi connectivity index (χ3v) is 5.70. The molecule has 2 aromatic heterocycles. The quantitative estimate of drug-likeness (QED) is 0.503. The van der Waals surface area contributed by atoms with Gasteiger partial charge in [-0.3, -0.25) is 9.36 Å². The minimum absolute atomic E-state index is 0.0546. The van der Waals surface area contributed by atoms with Crippen molar-refractivity contribution in [1.82, 2.24) is 14.5 Å². The molecule has 2 saturated heterocycles. The summed E-state index contributed by atoms with van der Waals surface area (Å²) in [5.74, 6) is -0.531. The van der Waals surface area contributed by atoms with Gasteiger partial charge in [-0.15, -0.1) is 0 Å². The fourth-order valence-electron chi connectivity index (χ4n) is 4.18. The molecule has 0 aromatic carbocycles. The second-order valence-corrected chi connectivity index (χ2v) is 7.39. The molecule has 0 saturated carbocycles. The number of primary amides is 1. The van der Waals surface area contributed by atoms with E-state index in [0.717, 1.165) is 10.9 Å². The van der Waals surface area contributed by atoms with E-state index in [1.807, 2.05) is 0 Å². The number of carbonyl (C=O) groups is 1. The van der Waals surface area contributed by atoms with Crippen molar-refractivity contribution in [1.29, 1.82) is 0 Å². The second kappa shape index (κ2) is 7.04. The molecule has 0 radical (unpaired) electrons. The molecule has 164 valence electrons. The number of carbonyl (C=O) groups excluding carboxylic acids is 1. The maximum absolute atomic E-state index is 13.7. The Kier molecular flexibility index (Phi) is 4.88. The van der Waals surface area contributed by atoms with Gasteiger partial charge in [0.2, 0.25) is 11.5 Å². The van der Waals surface area contributed by atoms with Gasteiger partial charge in [0.1, 0.15) is 23.8 Å². The van der Waals surface area contributed by atoms with Crippen molar-refractivity contribution < 1.29 is 38.0 Å². The molecule has 0 aliphatic carbocycles. The van der Waals surface area contributed by atoms with Crippen molar-refractivity contribution in [3.05, 3.63) is 18.6 Å². The van der Waals surface area contributed by atoms with Gasteiger partial charge in [0.05, 0.1) is 18.6 Å². The number of aliphatic hydroxyl groups excluding tert-OH is 2. The minimum Gasteiger partial charge on any atom is -0.394 e. The van der Waals surface area contributed by atoms with E-state index in [0.29, 0.717) is 25.1 Å². The SMILES string of the molecule is NC(=O)C1CCCN1c1ccnc2c1ncn2[C@@H]1O[C@H](CO)[C@@H](O)[C@]1(O)C(F)(F)F. The van der Waals surface area contributed by atoms with E-state index in [1.165, 1.54) is 6.20 Å². The highest BCUT2D eigenvalue weighted by Crippen LogP contribution is 2.49. The van der Waals surface area contributed by atoms with Gasteiger partial charge in [-0.2, -0.15) is 13.2 Å². The van der Waals surface area contributed by atoms with Crippen molar-refractivity contribution in [2.75, 3.05) is 18.1 Å². The van der Waals surface area contributed by atoms with E-state index >= 15 is 0 Å². The molecule has 4 heterocycles. The van der Waals surface area contributed by atoms with Gasteiger partial charge in [0.25, 0.3) is 0 Å². The summed E-state index contributed by atoms with van der Waals surface area (Å²) in [5.41, 5.74) is 2.33. The van der Waals surface area contributed by atoms with Crippen molar-refractivity contribution in [2.45, 2.75) is 49.1 Å². The van der Waals surface area contributed by atoms with Crippen LogP contribution in [0, 0.1) is 0 Å². The Labute approximate surface area is 167 Å². The molecule has 2 aliphatic heterocycles. The first-order valence-corrected chi connectivity index (χ1v) is 9.22. The van der Waals surface area contributed by atoms with Crippen LogP contribution in [0.25, 0.3) is 11.2 Å². The molecule has 0 bridgehead atoms. The number of halogens is 3. The summed E-state index contributed by atoms with van der Waals surface area (Å²) >= 11 is 0. The molecule has 2 aromatic rings. The van der Waals surface area contributed by atoms with Crippen LogP contribution in [-0.2, 0) is 9.53 Å². The monoisotopic (exact) mass is 431 g/mol. The number of ether oxygens (including phenoxy) is 1. The number of aromatic nitrogens is 3. The first-order valence-electron chi connectivity index (χ1n) is 9.22. The summed E-state index contributed by atoms with van der Waals surface area (Å²) in [6.45, 7) is -0.438. The molecule has 0 spiro atoms. The minimum atomic E-state index is -5.28. The van der Waals surface area contributed by atoms with Crippen LogP contribution >= 0.6 is 0 Å². The third-order valence-electron chi connectivity index (χ3n) is 5.70. The molecule has 10 nitrogen and oxygen atoms in total. The zero-order chi connectivity index (χ0) is 21.8. The highest BCUT2D eigenvalue weighted by Gasteiger charge is 2.70. The number of nitrogens with two attached hydrogens (primary N) is 1. The lowest BCUT2D eigenvalue weighted by Gasteiger charge is -2.33. The Hall–Kier alpha value is -2.48. The first kappa shape index (κ1) is 20.8. The Morgan fingerprint density at radius 3 is 2.77 bits per heavy atom. The van der Waals surface area contributed by atoms with Gasteiger partial charge in [-0.1, -0.05) is 0 Å². The summed E-state index contributed by atoms with van der Waals surface area (Å²) in [4.78, 5) is 21.7. The lowest BCUT2D eigenvalue weighted by molar-refractivity contribution is -0.303. The average Bonchev–Trinajstić information content (AvgIpc) is 3.39. The smallest absolute Gasteiger partial charge is 0.394 e. The Morgan fingerprint density at radius 1 is 1.40 bits per heavy atom. The maximum atomic E-state index is 13.7. The van der Waals surface area contributed by atoms with Crippen molar-refractivity contribution in [3.63, 3.8) is 0 Å². The normalized spacial score (nSPS) is 32.3. The largest absolute Gasteiger partial charge is 0.424 e. The fraction of sp³-hybridized carbons (Fsp3) is 0.588. The number of hydrogen-bond donors (Lipinski definition) is 4. The molecule has 1 unspecified atom stereocenters. The van der Waals surface area contributed by atoms with Crippen LogP contribution in [-0.4, -0.2) is 78.9 Å². The van der Waals surface area contributed by atoms with Crippen molar-refractivity contribution in [3.8, 4) is 0 Å². The van der Waals surface area contributed by atoms with Crippen LogP contribution in [0.4, 0.5) is 18.9 Å². The van der Waals surface area contributed by atoms with Gasteiger partial charge in [-0.25, -0.2) is 9.97 Å². The number of amides is 1. The van der Waals surface area contributed by atoms with E-state index in [2.05, 4.69) is 9.97 Å². The zero-order valence-electron chi connectivity index (χ0n) is 15.5. The molecule has 30 heavy (non-hydrogen) atoms. The molecule has 5 atom stereocenters. The molecule has 1 amide bonds. The number of hydrogen-bond acceptors (Lipinski definition) is 8. The standard InChI is InChI=1S/C17H20F3N5O5/c18-17(19,20)16(29)12(27)10(6-26)30-15(16)25-7-23-11-8(3-4-22-14(11)25)24-5-1-2-9(24)13(21)28/h3-4,7,9-10,12,15,26-27,29H,1-2,5-6H2,(H2,21,28)/t9?,10-,12-,15-,16-/m1/s1. The second-order valence-electron chi connectivity index (χ2n) is 7.39. The molecule has 2 aliphatic rings. The lowest BCUT2D eigenvalue weighted by Crippen LogP contribution is -2.57. The summed E-state index contributed by atoms with van der Waals surface area (Å²) < 4.78 is 47.2. The number of nitrogens with zero attached hydrogens (tertiary/aromatic N) is 4. The van der Waals surface area contributed by atoms with E-state index in [-0.39, 0.29) is 11.2 Å². The Balaban J connectivity index is 1.82. The van der Waals surface area contributed by atoms with Crippen LogP contribution in [0.5, 0.6) is 0 Å². The number of fused-ring (bicyclic) bond motifs is 1. The number of alkyl halides is 3. The molecular formula is C17H20F3N5O5. The van der Waals surface area contributed by atoms with Crippen LogP contribution in [0.15, 0.2) is 18.6 Å². The number of anilines is 1. The highest BCUT2D eigenvalue weighted by molar-refractivity contribution is 5.91. The zero-order valence-corrected chi connectivity index (χ0v) is 15.5. The van der Waals surface area contributed by atoms with Crippen molar-refractivity contribution >= 4 is 22.8 Å². The first-order chi connectivity index (χ1) is 14.1. The van der Waals surface area contributed by atoms with Crippen molar-refractivity contribution in [2.24, 2.45) is 5.73 Å². The van der Waals surface area contributed by atoms with Gasteiger partial charge in [-0.05, 0) is 18.9 Å². The Morgan fingerprint density at radius 2 is 2.13 bits per heavy atom. The maximum Gasteiger partial charge on any atom is 0.424 e. The van der Waals surface area contributed by atoms with Crippen LogP contribution < -0.4 is 10.6 Å². The number of pyridine rings is 1. The van der Waals surface area contributed by atoms with Gasteiger partial charge in [0.15, 0.2) is 11.9 Å². The molecule has 2 fully saturated rings. The summed E-state index contributed by atoms with van der Waals surface area (Å²) in [6, 6.07) is 0.980. The van der Waals surface area contributed by atoms with Crippen LogP contribution in [0.1, 0.15) is 19.1 Å². The van der Waals surface area contributed by atoms with Crippen LogP contribution in [0.2, 0.25) is 0 Å². The number of aliphatic hydroxyl groups is 3. The summed E-state index contributed by atoms with van der Waals surface area (Å²) in [5, 5.41) is 29.7. The third kappa shape index (κ3) is 2.84. The van der Waals surface area contributed by atoms with E-state index in [9.17, 15) is 33.3 Å². The molecule has 13 heteroatoms. The predicted octanol–water partition coefficient (Wildman–Crippen LogP) is -0.571. The topological polar surface area (TPSA) is 147 Å². The highest BCUT2D eigenvalue weighted by atomic mass is 19.4. The average molecular weight is 431 g/mol. The molecular weight excluding hydrogens is 411 g/mol. The Bertz CT molecular complexity index is 969. The fourth-order valence-corrected chi connectivity index (χ4v) is 4.18. The number of rotatable bonds is 4. The summed E-state index contributed by atoms with van der Waals surface area (Å²) in [7, 11) is 0. The van der Waals surface area contributed by atoms with Gasteiger partial charge >= 0.3 is 6.18 Å². The van der Waals surface area contributed by atoms with Gasteiger partial charge in [0, 0.05) is 12.7 Å².